The molecule has 1 heterocycles. The molecule has 1 aromatic carbocycles. The number of nitrogens with two attached hydrogens (primary N) is 1. The summed E-state index contributed by atoms with van der Waals surface area (Å²) in [4.78, 5) is 14.7. The van der Waals surface area contributed by atoms with Crippen LogP contribution in [0.2, 0.25) is 0 Å². The van der Waals surface area contributed by atoms with Crippen molar-refractivity contribution in [2.45, 2.75) is 58.3 Å². The van der Waals surface area contributed by atoms with Crippen molar-refractivity contribution < 1.29 is 4.79 Å². The van der Waals surface area contributed by atoms with Crippen LogP contribution in [0.25, 0.3) is 0 Å². The topological polar surface area (TPSA) is 70.2 Å². The summed E-state index contributed by atoms with van der Waals surface area (Å²) in [6, 6.07) is 7.10. The fourth-order valence-electron chi connectivity index (χ4n) is 4.65. The minimum absolute atomic E-state index is 0.0394. The minimum Gasteiger partial charge on any atom is -0.384 e. The number of amides is 1. The van der Waals surface area contributed by atoms with Crippen LogP contribution in [-0.2, 0) is 0 Å². The zero-order valence-corrected chi connectivity index (χ0v) is 15.4. The minimum atomic E-state index is 0.0394. The van der Waals surface area contributed by atoms with Crippen LogP contribution in [0.1, 0.15) is 74.2 Å². The van der Waals surface area contributed by atoms with Gasteiger partial charge >= 0.3 is 0 Å². The first-order valence-electron chi connectivity index (χ1n) is 9.77. The van der Waals surface area contributed by atoms with Crippen molar-refractivity contribution in [1.29, 1.82) is 5.41 Å². The van der Waals surface area contributed by atoms with Crippen LogP contribution in [0.4, 0.5) is 0 Å². The lowest BCUT2D eigenvalue weighted by Gasteiger charge is -2.46. The number of rotatable bonds is 4. The summed E-state index contributed by atoms with van der Waals surface area (Å²) in [6.45, 7) is 4.05. The number of amidine groups is 1. The lowest BCUT2D eigenvalue weighted by atomic mass is 9.65. The van der Waals surface area contributed by atoms with Gasteiger partial charge in [-0.05, 0) is 62.0 Å². The van der Waals surface area contributed by atoms with E-state index in [0.717, 1.165) is 31.8 Å². The van der Waals surface area contributed by atoms with Crippen LogP contribution < -0.4 is 5.73 Å². The predicted molar refractivity (Wildman–Crippen MR) is 102 cm³/mol. The van der Waals surface area contributed by atoms with Gasteiger partial charge in [0.25, 0.3) is 5.91 Å². The highest BCUT2D eigenvalue weighted by Crippen LogP contribution is 2.47. The molecule has 1 saturated heterocycles. The van der Waals surface area contributed by atoms with E-state index in [2.05, 4.69) is 6.92 Å². The number of hydrogen-bond acceptors (Lipinski definition) is 2. The molecule has 2 aliphatic rings. The molecular formula is C21H31N3O. The molecule has 4 heteroatoms. The van der Waals surface area contributed by atoms with Crippen molar-refractivity contribution in [3.05, 3.63) is 35.4 Å². The SMILES string of the molecule is CCCC1CCC2(CC1)CCN(C(=O)c1ccc(C(=N)N)cc1)CC2. The van der Waals surface area contributed by atoms with Gasteiger partial charge in [0.05, 0.1) is 0 Å². The number of nitrogens with zero attached hydrogens (tertiary/aromatic N) is 1. The van der Waals surface area contributed by atoms with E-state index >= 15 is 0 Å². The Kier molecular flexibility index (Phi) is 5.45. The van der Waals surface area contributed by atoms with E-state index in [1.807, 2.05) is 4.90 Å². The van der Waals surface area contributed by atoms with Crippen LogP contribution in [0.15, 0.2) is 24.3 Å². The Morgan fingerprint density at radius 3 is 2.20 bits per heavy atom. The normalized spacial score (nSPS) is 20.6. The average molecular weight is 341 g/mol. The third kappa shape index (κ3) is 4.05. The number of piperidine rings is 1. The molecule has 1 aliphatic carbocycles. The molecule has 4 nitrogen and oxygen atoms in total. The first kappa shape index (κ1) is 18.0. The molecule has 3 rings (SSSR count). The van der Waals surface area contributed by atoms with Gasteiger partial charge in [0.2, 0.25) is 0 Å². The Labute approximate surface area is 151 Å². The van der Waals surface area contributed by atoms with Gasteiger partial charge in [0.15, 0.2) is 0 Å². The number of benzene rings is 1. The Balaban J connectivity index is 1.55. The maximum Gasteiger partial charge on any atom is 0.253 e. The van der Waals surface area contributed by atoms with Gasteiger partial charge in [-0.25, -0.2) is 0 Å². The molecule has 1 aliphatic heterocycles. The van der Waals surface area contributed by atoms with Gasteiger partial charge in [-0.1, -0.05) is 31.9 Å². The molecule has 0 radical (unpaired) electrons. The smallest absolute Gasteiger partial charge is 0.253 e. The van der Waals surface area contributed by atoms with Crippen molar-refractivity contribution in [2.24, 2.45) is 17.1 Å². The van der Waals surface area contributed by atoms with E-state index < -0.39 is 0 Å². The largest absolute Gasteiger partial charge is 0.384 e. The Morgan fingerprint density at radius 1 is 1.12 bits per heavy atom. The van der Waals surface area contributed by atoms with E-state index in [1.165, 1.54) is 38.5 Å². The molecule has 2 fully saturated rings. The van der Waals surface area contributed by atoms with E-state index in [1.54, 1.807) is 24.3 Å². The van der Waals surface area contributed by atoms with Crippen molar-refractivity contribution in [2.75, 3.05) is 13.1 Å². The Morgan fingerprint density at radius 2 is 1.68 bits per heavy atom. The molecule has 0 atom stereocenters. The lowest BCUT2D eigenvalue weighted by molar-refractivity contribution is 0.0394. The number of carbonyl (C=O) groups is 1. The maximum atomic E-state index is 12.7. The third-order valence-corrected chi connectivity index (χ3v) is 6.42. The van der Waals surface area contributed by atoms with Crippen molar-refractivity contribution >= 4 is 11.7 Å². The quantitative estimate of drug-likeness (QED) is 0.637. The second-order valence-electron chi connectivity index (χ2n) is 8.02. The zero-order chi connectivity index (χ0) is 17.9. The van der Waals surface area contributed by atoms with Gasteiger partial charge in [0, 0.05) is 24.2 Å². The summed E-state index contributed by atoms with van der Waals surface area (Å²) in [7, 11) is 0. The first-order valence-corrected chi connectivity index (χ1v) is 9.77. The van der Waals surface area contributed by atoms with Crippen LogP contribution >= 0.6 is 0 Å². The molecule has 1 saturated carbocycles. The molecule has 0 unspecified atom stereocenters. The highest BCUT2D eigenvalue weighted by molar-refractivity contribution is 5.98. The molecule has 136 valence electrons. The van der Waals surface area contributed by atoms with Crippen LogP contribution in [0.3, 0.4) is 0 Å². The summed E-state index contributed by atoms with van der Waals surface area (Å²) in [5, 5.41) is 7.44. The molecule has 1 aromatic rings. The highest BCUT2D eigenvalue weighted by atomic mass is 16.2. The average Bonchev–Trinajstić information content (AvgIpc) is 2.64. The predicted octanol–water partition coefficient (Wildman–Crippen LogP) is 4.18. The monoisotopic (exact) mass is 341 g/mol. The molecule has 0 bridgehead atoms. The van der Waals surface area contributed by atoms with Crippen molar-refractivity contribution in [3.8, 4) is 0 Å². The highest BCUT2D eigenvalue weighted by Gasteiger charge is 2.38. The number of nitrogen functional groups attached to an aromatic ring is 1. The van der Waals surface area contributed by atoms with Crippen LogP contribution in [0, 0.1) is 16.7 Å². The van der Waals surface area contributed by atoms with Gasteiger partial charge < -0.3 is 10.6 Å². The van der Waals surface area contributed by atoms with E-state index in [4.69, 9.17) is 11.1 Å². The fourth-order valence-corrected chi connectivity index (χ4v) is 4.65. The summed E-state index contributed by atoms with van der Waals surface area (Å²) in [6.07, 6.45) is 10.5. The van der Waals surface area contributed by atoms with Crippen molar-refractivity contribution in [1.82, 2.24) is 4.90 Å². The molecule has 1 spiro atoms. The van der Waals surface area contributed by atoms with Crippen LogP contribution in [0.5, 0.6) is 0 Å². The molecular weight excluding hydrogens is 310 g/mol. The third-order valence-electron chi connectivity index (χ3n) is 6.42. The zero-order valence-electron chi connectivity index (χ0n) is 15.4. The van der Waals surface area contributed by atoms with Gasteiger partial charge in [0.1, 0.15) is 5.84 Å². The van der Waals surface area contributed by atoms with Gasteiger partial charge in [-0.2, -0.15) is 0 Å². The number of likely N-dealkylation sites (tertiary alicyclic amines) is 1. The maximum absolute atomic E-state index is 12.7. The summed E-state index contributed by atoms with van der Waals surface area (Å²) in [5.41, 5.74) is 7.34. The summed E-state index contributed by atoms with van der Waals surface area (Å²) >= 11 is 0. The van der Waals surface area contributed by atoms with E-state index in [9.17, 15) is 4.79 Å². The lowest BCUT2D eigenvalue weighted by Crippen LogP contribution is -2.44. The number of carbonyl (C=O) groups excluding carboxylic acids is 1. The van der Waals surface area contributed by atoms with Gasteiger partial charge in [-0.15, -0.1) is 0 Å². The number of hydrogen-bond donors (Lipinski definition) is 2. The molecule has 3 N–H and O–H groups in total. The Hall–Kier alpha value is -1.84. The van der Waals surface area contributed by atoms with Gasteiger partial charge in [-0.3, -0.25) is 10.2 Å². The molecule has 25 heavy (non-hydrogen) atoms. The molecule has 1 amide bonds. The van der Waals surface area contributed by atoms with Crippen molar-refractivity contribution in [3.63, 3.8) is 0 Å². The fraction of sp³-hybridized carbons (Fsp3) is 0.619. The van der Waals surface area contributed by atoms with E-state index in [-0.39, 0.29) is 11.7 Å². The summed E-state index contributed by atoms with van der Waals surface area (Å²) in [5.74, 6) is 1.09. The van der Waals surface area contributed by atoms with E-state index in [0.29, 0.717) is 16.5 Å². The van der Waals surface area contributed by atoms with Crippen LogP contribution in [-0.4, -0.2) is 29.7 Å². The summed E-state index contributed by atoms with van der Waals surface area (Å²) < 4.78 is 0. The Bertz CT molecular complexity index is 605. The molecule has 0 aromatic heterocycles. The second kappa shape index (κ2) is 7.59. The first-order chi connectivity index (χ1) is 12.0. The second-order valence-corrected chi connectivity index (χ2v) is 8.02. The standard InChI is InChI=1S/C21H31N3O/c1-2-3-16-8-10-21(11-9-16)12-14-24(15-13-21)20(25)18-6-4-17(5-7-18)19(22)23/h4-7,16H,2-3,8-15H2,1H3,(H3,22,23). The number of nitrogens with one attached hydrogen (secondary N) is 1.